The summed E-state index contributed by atoms with van der Waals surface area (Å²) in [5, 5.41) is 9.26. The highest BCUT2D eigenvalue weighted by molar-refractivity contribution is 5.47. The number of rotatable bonds is 3. The molecule has 4 heteroatoms. The average Bonchev–Trinajstić information content (AvgIpc) is 2.77. The van der Waals surface area contributed by atoms with Gasteiger partial charge in [0.15, 0.2) is 0 Å². The standard InChI is InChI=1S/C12H19N3O/c1-9(13)12-5-4-10(7-14-12)15-6-2-3-11(15)8-16/h4-5,7,9,11,16H,2-3,6,8,13H2,1H3/t9-,11?/m0/s1. The van der Waals surface area contributed by atoms with E-state index in [9.17, 15) is 5.11 Å². The molecule has 1 unspecified atom stereocenters. The number of pyridine rings is 1. The molecule has 88 valence electrons. The van der Waals surface area contributed by atoms with Gasteiger partial charge >= 0.3 is 0 Å². The Bertz CT molecular complexity index is 337. The van der Waals surface area contributed by atoms with E-state index in [1.54, 1.807) is 0 Å². The van der Waals surface area contributed by atoms with Crippen LogP contribution in [0.4, 0.5) is 5.69 Å². The van der Waals surface area contributed by atoms with Crippen LogP contribution in [0.2, 0.25) is 0 Å². The van der Waals surface area contributed by atoms with Crippen molar-refractivity contribution in [2.24, 2.45) is 5.73 Å². The first-order valence-electron chi connectivity index (χ1n) is 5.81. The van der Waals surface area contributed by atoms with E-state index in [-0.39, 0.29) is 18.7 Å². The molecule has 1 fully saturated rings. The fourth-order valence-electron chi connectivity index (χ4n) is 2.20. The third-order valence-corrected chi connectivity index (χ3v) is 3.16. The Morgan fingerprint density at radius 3 is 3.00 bits per heavy atom. The number of hydrogen-bond donors (Lipinski definition) is 2. The van der Waals surface area contributed by atoms with Gasteiger partial charge in [0.25, 0.3) is 0 Å². The van der Waals surface area contributed by atoms with Crippen molar-refractivity contribution in [3.63, 3.8) is 0 Å². The molecule has 0 bridgehead atoms. The number of nitrogens with zero attached hydrogens (tertiary/aromatic N) is 2. The van der Waals surface area contributed by atoms with E-state index in [2.05, 4.69) is 9.88 Å². The Balaban J connectivity index is 2.15. The molecule has 16 heavy (non-hydrogen) atoms. The smallest absolute Gasteiger partial charge is 0.0635 e. The lowest BCUT2D eigenvalue weighted by molar-refractivity contribution is 0.266. The van der Waals surface area contributed by atoms with Crippen LogP contribution in [0.1, 0.15) is 31.5 Å². The Kier molecular flexibility index (Phi) is 3.41. The maximum absolute atomic E-state index is 9.26. The van der Waals surface area contributed by atoms with E-state index >= 15 is 0 Å². The van der Waals surface area contributed by atoms with Crippen LogP contribution in [0.5, 0.6) is 0 Å². The van der Waals surface area contributed by atoms with Gasteiger partial charge in [0.1, 0.15) is 0 Å². The van der Waals surface area contributed by atoms with E-state index in [1.165, 1.54) is 0 Å². The van der Waals surface area contributed by atoms with Crippen LogP contribution >= 0.6 is 0 Å². The third-order valence-electron chi connectivity index (χ3n) is 3.16. The van der Waals surface area contributed by atoms with Crippen molar-refractivity contribution < 1.29 is 5.11 Å². The van der Waals surface area contributed by atoms with Gasteiger partial charge in [-0.15, -0.1) is 0 Å². The number of nitrogens with two attached hydrogens (primary N) is 1. The molecular formula is C12H19N3O. The number of aliphatic hydroxyl groups excluding tert-OH is 1. The number of aromatic nitrogens is 1. The van der Waals surface area contributed by atoms with Crippen LogP contribution in [0, 0.1) is 0 Å². The van der Waals surface area contributed by atoms with Gasteiger partial charge in [-0.25, -0.2) is 0 Å². The second-order valence-electron chi connectivity index (χ2n) is 4.40. The molecule has 2 atom stereocenters. The first-order chi connectivity index (χ1) is 7.72. The molecule has 3 N–H and O–H groups in total. The van der Waals surface area contributed by atoms with Crippen LogP contribution < -0.4 is 10.6 Å². The first kappa shape index (κ1) is 11.4. The normalized spacial score (nSPS) is 22.4. The molecular weight excluding hydrogens is 202 g/mol. The van der Waals surface area contributed by atoms with E-state index in [1.807, 2.05) is 25.3 Å². The predicted octanol–water partition coefficient (Wildman–Crippen LogP) is 1.06. The largest absolute Gasteiger partial charge is 0.394 e. The lowest BCUT2D eigenvalue weighted by Gasteiger charge is -2.25. The van der Waals surface area contributed by atoms with E-state index in [4.69, 9.17) is 5.73 Å². The van der Waals surface area contributed by atoms with Gasteiger partial charge in [-0.2, -0.15) is 0 Å². The van der Waals surface area contributed by atoms with Gasteiger partial charge in [-0.05, 0) is 31.9 Å². The Hall–Kier alpha value is -1.13. The lowest BCUT2D eigenvalue weighted by atomic mass is 10.2. The number of anilines is 1. The number of hydrogen-bond acceptors (Lipinski definition) is 4. The van der Waals surface area contributed by atoms with Crippen LogP contribution in [0.3, 0.4) is 0 Å². The van der Waals surface area contributed by atoms with Crippen LogP contribution in [-0.2, 0) is 0 Å². The minimum absolute atomic E-state index is 0.0266. The SMILES string of the molecule is C[C@H](N)c1ccc(N2CCCC2CO)cn1. The first-order valence-corrected chi connectivity index (χ1v) is 5.81. The van der Waals surface area contributed by atoms with Crippen molar-refractivity contribution in [3.05, 3.63) is 24.0 Å². The Morgan fingerprint density at radius 1 is 1.62 bits per heavy atom. The van der Waals surface area contributed by atoms with Crippen molar-refractivity contribution >= 4 is 5.69 Å². The molecule has 0 amide bonds. The van der Waals surface area contributed by atoms with Crippen LogP contribution in [-0.4, -0.2) is 29.3 Å². The summed E-state index contributed by atoms with van der Waals surface area (Å²) in [6.45, 7) is 3.15. The molecule has 0 aromatic carbocycles. The van der Waals surface area contributed by atoms with Gasteiger partial charge in [0, 0.05) is 12.6 Å². The van der Waals surface area contributed by atoms with Crippen LogP contribution in [0.15, 0.2) is 18.3 Å². The molecule has 0 aliphatic carbocycles. The summed E-state index contributed by atoms with van der Waals surface area (Å²) in [5.41, 5.74) is 7.74. The fourth-order valence-corrected chi connectivity index (χ4v) is 2.20. The minimum atomic E-state index is -0.0266. The molecule has 0 radical (unpaired) electrons. The fraction of sp³-hybridized carbons (Fsp3) is 0.583. The van der Waals surface area contributed by atoms with E-state index < -0.39 is 0 Å². The van der Waals surface area contributed by atoms with Crippen LogP contribution in [0.25, 0.3) is 0 Å². The molecule has 1 aliphatic rings. The van der Waals surface area contributed by atoms with Gasteiger partial charge in [-0.3, -0.25) is 4.98 Å². The van der Waals surface area contributed by atoms with Crippen molar-refractivity contribution in [1.29, 1.82) is 0 Å². The second kappa shape index (κ2) is 4.80. The molecule has 1 aliphatic heterocycles. The molecule has 4 nitrogen and oxygen atoms in total. The summed E-state index contributed by atoms with van der Waals surface area (Å²) in [6.07, 6.45) is 4.05. The van der Waals surface area contributed by atoms with Gasteiger partial charge in [0.2, 0.25) is 0 Å². The summed E-state index contributed by atoms with van der Waals surface area (Å²) in [7, 11) is 0. The summed E-state index contributed by atoms with van der Waals surface area (Å²) in [5.74, 6) is 0. The van der Waals surface area contributed by atoms with Gasteiger partial charge in [0.05, 0.1) is 30.2 Å². The molecule has 1 aromatic heterocycles. The van der Waals surface area contributed by atoms with Gasteiger partial charge in [-0.1, -0.05) is 0 Å². The monoisotopic (exact) mass is 221 g/mol. The molecule has 0 spiro atoms. The molecule has 1 aromatic rings. The summed E-state index contributed by atoms with van der Waals surface area (Å²) in [4.78, 5) is 6.56. The Morgan fingerprint density at radius 2 is 2.44 bits per heavy atom. The second-order valence-corrected chi connectivity index (χ2v) is 4.40. The highest BCUT2D eigenvalue weighted by atomic mass is 16.3. The van der Waals surface area contributed by atoms with Gasteiger partial charge < -0.3 is 15.7 Å². The molecule has 2 rings (SSSR count). The number of aliphatic hydroxyl groups is 1. The molecule has 2 heterocycles. The highest BCUT2D eigenvalue weighted by Crippen LogP contribution is 2.25. The van der Waals surface area contributed by atoms with E-state index in [0.717, 1.165) is 30.8 Å². The highest BCUT2D eigenvalue weighted by Gasteiger charge is 2.23. The zero-order chi connectivity index (χ0) is 11.5. The van der Waals surface area contributed by atoms with Crippen molar-refractivity contribution in [1.82, 2.24) is 4.98 Å². The van der Waals surface area contributed by atoms with Crippen molar-refractivity contribution in [3.8, 4) is 0 Å². The molecule has 1 saturated heterocycles. The zero-order valence-electron chi connectivity index (χ0n) is 9.63. The maximum atomic E-state index is 9.26. The summed E-state index contributed by atoms with van der Waals surface area (Å²) >= 11 is 0. The van der Waals surface area contributed by atoms with E-state index in [0.29, 0.717) is 0 Å². The third kappa shape index (κ3) is 2.18. The topological polar surface area (TPSA) is 62.4 Å². The minimum Gasteiger partial charge on any atom is -0.394 e. The average molecular weight is 221 g/mol. The van der Waals surface area contributed by atoms with Crippen molar-refractivity contribution in [2.45, 2.75) is 31.8 Å². The Labute approximate surface area is 96.1 Å². The zero-order valence-corrected chi connectivity index (χ0v) is 9.63. The molecule has 0 saturated carbocycles. The summed E-state index contributed by atoms with van der Waals surface area (Å²) in [6, 6.07) is 4.23. The maximum Gasteiger partial charge on any atom is 0.0635 e. The lowest BCUT2D eigenvalue weighted by Crippen LogP contribution is -2.32. The predicted molar refractivity (Wildman–Crippen MR) is 64.3 cm³/mol. The summed E-state index contributed by atoms with van der Waals surface area (Å²) < 4.78 is 0. The quantitative estimate of drug-likeness (QED) is 0.801. The van der Waals surface area contributed by atoms with Crippen molar-refractivity contribution in [2.75, 3.05) is 18.1 Å².